The van der Waals surface area contributed by atoms with Crippen molar-refractivity contribution < 1.29 is 47.7 Å². The molecule has 11 aliphatic rings. The second-order valence-corrected chi connectivity index (χ2v) is 21.9. The van der Waals surface area contributed by atoms with Crippen molar-refractivity contribution >= 4 is 29.7 Å². The van der Waals surface area contributed by atoms with Gasteiger partial charge in [0.2, 0.25) is 0 Å². The molecule has 1 spiro atoms. The minimum Gasteiger partial charge on any atom is -0.462 e. The third-order valence-electron chi connectivity index (χ3n) is 19.9. The molecule has 2 bridgehead atoms. The van der Waals surface area contributed by atoms with Crippen LogP contribution in [0.5, 0.6) is 0 Å². The molecule has 11 aliphatic carbocycles. The van der Waals surface area contributed by atoms with Gasteiger partial charge in [-0.15, -0.1) is 0 Å². The van der Waals surface area contributed by atoms with Gasteiger partial charge in [-0.2, -0.15) is 0 Å². The first-order chi connectivity index (χ1) is 28.0. The van der Waals surface area contributed by atoms with Crippen LogP contribution in [0.2, 0.25) is 0 Å². The highest BCUT2D eigenvalue weighted by Gasteiger charge is 2.83. The summed E-state index contributed by atoms with van der Waals surface area (Å²) in [5.74, 6) is 1.67. The summed E-state index contributed by atoms with van der Waals surface area (Å²) in [6.07, 6.45) is 17.1. The number of hydrogen-bond acceptors (Lipinski definition) is 10. The average molecular weight is 815 g/mol. The zero-order valence-electron chi connectivity index (χ0n) is 36.4. The third-order valence-corrected chi connectivity index (χ3v) is 19.9. The summed E-state index contributed by atoms with van der Waals surface area (Å²) < 4.78 is 31.4. The highest BCUT2D eigenvalue weighted by Crippen LogP contribution is 2.84. The lowest BCUT2D eigenvalue weighted by atomic mass is 9.36. The smallest absolute Gasteiger partial charge is 0.303 e. The van der Waals surface area contributed by atoms with Gasteiger partial charge in [-0.1, -0.05) is 26.0 Å². The van der Waals surface area contributed by atoms with Crippen molar-refractivity contribution in [2.24, 2.45) is 69.5 Å². The summed E-state index contributed by atoms with van der Waals surface area (Å²) in [4.78, 5) is 65.7. The van der Waals surface area contributed by atoms with Crippen molar-refractivity contribution in [2.45, 2.75) is 173 Å². The third kappa shape index (κ3) is 5.22. The summed E-state index contributed by atoms with van der Waals surface area (Å²) in [5, 5.41) is 0. The lowest BCUT2D eigenvalue weighted by Gasteiger charge is -2.69. The molecule has 0 radical (unpaired) electrons. The Morgan fingerprint density at radius 2 is 1.27 bits per heavy atom. The van der Waals surface area contributed by atoms with Crippen molar-refractivity contribution in [3.8, 4) is 0 Å². The normalized spacial score (nSPS) is 51.0. The maximum Gasteiger partial charge on any atom is 0.303 e. The summed E-state index contributed by atoms with van der Waals surface area (Å²) in [6.45, 7) is 11.0. The number of hydrogen-bond donors (Lipinski definition) is 0. The number of esters is 4. The minimum absolute atomic E-state index is 0.0430. The van der Waals surface area contributed by atoms with Crippen LogP contribution in [0.1, 0.15) is 144 Å². The molecule has 6 unspecified atom stereocenters. The number of fused-ring (bicyclic) bond motifs is 10. The molecule has 0 aromatic rings. The zero-order valence-corrected chi connectivity index (χ0v) is 36.4. The Balaban J connectivity index is 1.03. The number of carbonyl (C=O) groups is 5. The Bertz CT molecular complexity index is 1930. The lowest BCUT2D eigenvalue weighted by Crippen LogP contribution is -2.71. The van der Waals surface area contributed by atoms with E-state index >= 15 is 4.79 Å². The van der Waals surface area contributed by atoms with Gasteiger partial charge in [-0.05, 0) is 147 Å². The molecule has 0 aliphatic heterocycles. The van der Waals surface area contributed by atoms with Crippen molar-refractivity contribution in [1.82, 2.24) is 0 Å². The van der Waals surface area contributed by atoms with Gasteiger partial charge in [0.15, 0.2) is 0 Å². The lowest BCUT2D eigenvalue weighted by molar-refractivity contribution is -0.245. The maximum atomic E-state index is 15.6. The zero-order chi connectivity index (χ0) is 41.7. The number of ether oxygens (including phenoxy) is 5. The summed E-state index contributed by atoms with van der Waals surface area (Å²) in [7, 11) is 1.87. The average Bonchev–Trinajstić information content (AvgIpc) is 3.63. The molecule has 10 nitrogen and oxygen atoms in total. The van der Waals surface area contributed by atoms with Crippen molar-refractivity contribution in [3.63, 3.8) is 0 Å². The molecule has 17 atom stereocenters. The quantitative estimate of drug-likeness (QED) is 0.152. The maximum absolute atomic E-state index is 15.6. The van der Waals surface area contributed by atoms with Gasteiger partial charge in [0, 0.05) is 71.3 Å². The predicted molar refractivity (Wildman–Crippen MR) is 215 cm³/mol. The van der Waals surface area contributed by atoms with Gasteiger partial charge in [-0.25, -0.2) is 0 Å². The number of Topliss-reactive ketones (excluding diaryl/α,β-unsaturated/α-hetero) is 1. The first kappa shape index (κ1) is 40.1. The van der Waals surface area contributed by atoms with Gasteiger partial charge >= 0.3 is 23.9 Å². The number of methoxy groups -OCH3 is 1. The number of rotatable bonds is 5. The SMILES string of the molecule is CO[C@@]12CC(=O)C3(C(C[C@H]4CC5CC=C6C[C@@H](OC(C)=O)CC[C@]6(OC(C)=O)C5C[C@@]43C)C1)C1C[C@H]3[C@@H]4CC=C5C[C@@H](OC(C)=O)CC[C@]5(OC(C)=O)[C@H]4CC[C@]3(C)C12. The summed E-state index contributed by atoms with van der Waals surface area (Å²) >= 11 is 0. The molecular formula is C49H66O10. The monoisotopic (exact) mass is 814 g/mol. The molecule has 322 valence electrons. The molecule has 9 saturated carbocycles. The molecule has 0 aromatic heterocycles. The van der Waals surface area contributed by atoms with E-state index in [1.165, 1.54) is 27.7 Å². The highest BCUT2D eigenvalue weighted by atomic mass is 16.6. The molecule has 0 amide bonds. The molecule has 59 heavy (non-hydrogen) atoms. The molecule has 0 saturated heterocycles. The fraction of sp³-hybridized carbons (Fsp3) is 0.816. The van der Waals surface area contributed by atoms with E-state index in [4.69, 9.17) is 23.7 Å². The van der Waals surface area contributed by atoms with Crippen molar-refractivity contribution in [3.05, 3.63) is 23.3 Å². The van der Waals surface area contributed by atoms with E-state index in [1.54, 1.807) is 0 Å². The van der Waals surface area contributed by atoms with Gasteiger partial charge < -0.3 is 23.7 Å². The van der Waals surface area contributed by atoms with Gasteiger partial charge in [-0.3, -0.25) is 24.0 Å². The van der Waals surface area contributed by atoms with Crippen LogP contribution < -0.4 is 0 Å². The number of allylic oxidation sites excluding steroid dienone is 2. The van der Waals surface area contributed by atoms with Gasteiger partial charge in [0.1, 0.15) is 29.2 Å². The largest absolute Gasteiger partial charge is 0.462 e. The Morgan fingerprint density at radius 1 is 0.661 bits per heavy atom. The van der Waals surface area contributed by atoms with E-state index in [0.717, 1.165) is 68.9 Å². The topological polar surface area (TPSA) is 132 Å². The first-order valence-electron chi connectivity index (χ1n) is 23.2. The van der Waals surface area contributed by atoms with Gasteiger partial charge in [0.05, 0.1) is 5.60 Å². The molecule has 9 fully saturated rings. The van der Waals surface area contributed by atoms with E-state index in [-0.39, 0.29) is 76.5 Å². The van der Waals surface area contributed by atoms with Gasteiger partial charge in [0.25, 0.3) is 0 Å². The number of carbonyl (C=O) groups excluding carboxylic acids is 5. The Morgan fingerprint density at radius 3 is 1.86 bits per heavy atom. The minimum atomic E-state index is -0.745. The first-order valence-corrected chi connectivity index (χ1v) is 23.2. The molecular weight excluding hydrogens is 749 g/mol. The molecule has 0 aromatic carbocycles. The molecule has 10 heteroatoms. The second-order valence-electron chi connectivity index (χ2n) is 21.9. The standard InChI is InChI=1S/C49H66O10/c1-26(50)56-35-12-16-47(58-28(3)52)32(21-35)10-11-37-38(47)14-15-44(5)39(37)22-40-43(44)46(55-7)23-34-19-33-18-30-8-9-31-20-36(57-27(2)51)13-17-48(31,59-29(4)53)41(30)24-45(33,6)49(34,40)42(54)25-46/h9-10,30,33-41,43H,8,11-25H2,1-7H3/t30?,33-,34?,35+,36+,37-,38+,39+,40?,41?,43?,44+,45+,46-,47-,48-,49?/m1/s1. The highest BCUT2D eigenvalue weighted by molar-refractivity contribution is 5.90. The van der Waals surface area contributed by atoms with E-state index < -0.39 is 22.2 Å². The van der Waals surface area contributed by atoms with Crippen LogP contribution in [0.15, 0.2) is 23.3 Å². The number of ketones is 1. The second kappa shape index (κ2) is 13.2. The van der Waals surface area contributed by atoms with Crippen LogP contribution >= 0.6 is 0 Å². The van der Waals surface area contributed by atoms with E-state index in [0.29, 0.717) is 74.4 Å². The molecule has 11 rings (SSSR count). The van der Waals surface area contributed by atoms with Crippen molar-refractivity contribution in [2.75, 3.05) is 7.11 Å². The van der Waals surface area contributed by atoms with Crippen molar-refractivity contribution in [1.29, 1.82) is 0 Å². The molecule has 0 N–H and O–H groups in total. The van der Waals surface area contributed by atoms with Crippen LogP contribution in [0, 0.1) is 69.5 Å². The van der Waals surface area contributed by atoms with Crippen LogP contribution in [0.4, 0.5) is 0 Å². The van der Waals surface area contributed by atoms with E-state index in [2.05, 4.69) is 26.0 Å². The van der Waals surface area contributed by atoms with E-state index in [9.17, 15) is 19.2 Å². The van der Waals surface area contributed by atoms with E-state index in [1.807, 2.05) is 7.11 Å². The fourth-order valence-electron chi connectivity index (χ4n) is 18.7. The van der Waals surface area contributed by atoms with Crippen LogP contribution in [-0.4, -0.2) is 65.8 Å². The molecule has 0 heterocycles. The predicted octanol–water partition coefficient (Wildman–Crippen LogP) is 8.18. The summed E-state index contributed by atoms with van der Waals surface area (Å²) in [6, 6.07) is 0. The van der Waals surface area contributed by atoms with Crippen LogP contribution in [-0.2, 0) is 47.7 Å². The fourth-order valence-corrected chi connectivity index (χ4v) is 18.7. The summed E-state index contributed by atoms with van der Waals surface area (Å²) in [5.41, 5.74) is -0.488. The van der Waals surface area contributed by atoms with Crippen LogP contribution in [0.3, 0.4) is 0 Å². The Kier molecular flexibility index (Phi) is 9.00. The Labute approximate surface area is 349 Å². The van der Waals surface area contributed by atoms with Crippen LogP contribution in [0.25, 0.3) is 0 Å². The Hall–Kier alpha value is -3.01.